The van der Waals surface area contributed by atoms with Crippen LogP contribution in [0.4, 0.5) is 14.9 Å². The van der Waals surface area contributed by atoms with E-state index in [2.05, 4.69) is 21.2 Å². The number of rotatable bonds is 6. The van der Waals surface area contributed by atoms with Gasteiger partial charge in [0.2, 0.25) is 5.91 Å². The fourth-order valence-corrected chi connectivity index (χ4v) is 3.49. The molecule has 8 heteroatoms. The molecule has 1 heterocycles. The zero-order valence-corrected chi connectivity index (χ0v) is 18.0. The van der Waals surface area contributed by atoms with Crippen LogP contribution in [-0.4, -0.2) is 37.0 Å². The molecule has 2 aromatic rings. The Balaban J connectivity index is 1.75. The third kappa shape index (κ3) is 5.13. The van der Waals surface area contributed by atoms with Crippen molar-refractivity contribution in [2.24, 2.45) is 0 Å². The fraction of sp³-hybridized carbons (Fsp3) is 0.227. The number of anilines is 1. The largest absolute Gasteiger partial charge is 0.442 e. The topological polar surface area (TPSA) is 75.7 Å². The average molecular weight is 475 g/mol. The van der Waals surface area contributed by atoms with Crippen molar-refractivity contribution in [3.8, 4) is 0 Å². The molecule has 1 N–H and O–H groups in total. The van der Waals surface area contributed by atoms with Crippen LogP contribution >= 0.6 is 15.9 Å². The van der Waals surface area contributed by atoms with Crippen molar-refractivity contribution >= 4 is 50.0 Å². The van der Waals surface area contributed by atoms with Crippen LogP contribution in [0.25, 0.3) is 10.6 Å². The number of halogens is 2. The maximum Gasteiger partial charge on any atom is 0.414 e. The Labute approximate surface area is 181 Å². The van der Waals surface area contributed by atoms with Crippen molar-refractivity contribution in [3.05, 3.63) is 65.0 Å². The Morgan fingerprint density at radius 2 is 1.87 bits per heavy atom. The minimum Gasteiger partial charge on any atom is -0.442 e. The number of nitrogens with one attached hydrogen (secondary N) is 1. The van der Waals surface area contributed by atoms with E-state index in [1.54, 1.807) is 42.5 Å². The van der Waals surface area contributed by atoms with Crippen LogP contribution in [0, 0.1) is 5.82 Å². The maximum atomic E-state index is 14.7. The monoisotopic (exact) mass is 474 g/mol. The molecule has 2 amide bonds. The molecular weight excluding hydrogens is 455 g/mol. The molecule has 2 aromatic carbocycles. The molecule has 1 saturated heterocycles. The van der Waals surface area contributed by atoms with Gasteiger partial charge in [-0.25, -0.2) is 9.18 Å². The highest BCUT2D eigenvalue weighted by Gasteiger charge is 2.32. The number of hydrogen-bond donors (Lipinski definition) is 1. The first-order chi connectivity index (χ1) is 14.2. The smallest absolute Gasteiger partial charge is 0.414 e. The lowest BCUT2D eigenvalue weighted by molar-refractivity contribution is -0.119. The second-order valence-corrected chi connectivity index (χ2v) is 7.74. The number of nitrogens with zero attached hydrogens (tertiary/aromatic N) is 1. The molecule has 1 aliphatic rings. The number of benzene rings is 2. The highest BCUT2D eigenvalue weighted by molar-refractivity contribution is 9.15. The van der Waals surface area contributed by atoms with Crippen LogP contribution < -0.4 is 10.2 Å². The van der Waals surface area contributed by atoms with Crippen LogP contribution in [0.3, 0.4) is 0 Å². The van der Waals surface area contributed by atoms with Crippen molar-refractivity contribution in [2.75, 3.05) is 18.0 Å². The van der Waals surface area contributed by atoms with E-state index in [4.69, 9.17) is 4.74 Å². The van der Waals surface area contributed by atoms with Gasteiger partial charge < -0.3 is 10.1 Å². The summed E-state index contributed by atoms with van der Waals surface area (Å²) in [5, 5.41) is 2.60. The summed E-state index contributed by atoms with van der Waals surface area (Å²) in [4.78, 5) is 35.8. The van der Waals surface area contributed by atoms with E-state index in [0.29, 0.717) is 21.3 Å². The molecule has 0 unspecified atom stereocenters. The van der Waals surface area contributed by atoms with E-state index < -0.39 is 18.0 Å². The Hall–Kier alpha value is -3.00. The summed E-state index contributed by atoms with van der Waals surface area (Å²) in [6, 6.07) is 11.5. The van der Waals surface area contributed by atoms with E-state index in [1.165, 1.54) is 24.8 Å². The van der Waals surface area contributed by atoms with Gasteiger partial charge in [-0.05, 0) is 36.8 Å². The molecule has 0 spiro atoms. The summed E-state index contributed by atoms with van der Waals surface area (Å²) in [5.74, 6) is -0.737. The molecule has 30 heavy (non-hydrogen) atoms. The van der Waals surface area contributed by atoms with Gasteiger partial charge >= 0.3 is 6.09 Å². The Kier molecular flexibility index (Phi) is 6.66. The number of carbonyl (C=O) groups excluding carboxylic acids is 3. The minimum absolute atomic E-state index is 0.0250. The van der Waals surface area contributed by atoms with Crippen LogP contribution in [0.5, 0.6) is 0 Å². The van der Waals surface area contributed by atoms with Gasteiger partial charge in [-0.1, -0.05) is 40.2 Å². The Morgan fingerprint density at radius 3 is 2.47 bits per heavy atom. The van der Waals surface area contributed by atoms with E-state index >= 15 is 0 Å². The second kappa shape index (κ2) is 9.21. The van der Waals surface area contributed by atoms with Gasteiger partial charge in [0.1, 0.15) is 11.9 Å². The summed E-state index contributed by atoms with van der Waals surface area (Å²) in [6.45, 7) is 3.30. The lowest BCUT2D eigenvalue weighted by atomic mass is 10.1. The summed E-state index contributed by atoms with van der Waals surface area (Å²) in [7, 11) is 0. The fourth-order valence-electron chi connectivity index (χ4n) is 2.98. The molecule has 6 nitrogen and oxygen atoms in total. The first-order valence-electron chi connectivity index (χ1n) is 9.25. The van der Waals surface area contributed by atoms with Gasteiger partial charge in [0.05, 0.1) is 18.8 Å². The van der Waals surface area contributed by atoms with Crippen molar-refractivity contribution in [2.45, 2.75) is 20.0 Å². The van der Waals surface area contributed by atoms with Gasteiger partial charge in [0.15, 0.2) is 5.78 Å². The molecule has 1 fully saturated rings. The lowest BCUT2D eigenvalue weighted by Gasteiger charge is -2.14. The van der Waals surface area contributed by atoms with Crippen LogP contribution in [0.1, 0.15) is 35.3 Å². The average Bonchev–Trinajstić information content (AvgIpc) is 3.08. The predicted molar refractivity (Wildman–Crippen MR) is 116 cm³/mol. The summed E-state index contributed by atoms with van der Waals surface area (Å²) < 4.78 is 20.5. The minimum atomic E-state index is -0.584. The molecule has 3 rings (SSSR count). The van der Waals surface area contributed by atoms with Crippen molar-refractivity contribution < 1.29 is 23.5 Å². The Bertz CT molecular complexity index is 1020. The number of cyclic esters (lactones) is 1. The third-order valence-corrected chi connectivity index (χ3v) is 5.28. The molecule has 1 atom stereocenters. The highest BCUT2D eigenvalue weighted by Crippen LogP contribution is 2.28. The number of ether oxygens (including phenoxy) is 1. The quantitative estimate of drug-likeness (QED) is 0.497. The van der Waals surface area contributed by atoms with Crippen LogP contribution in [0.15, 0.2) is 42.5 Å². The molecule has 0 aromatic heterocycles. The van der Waals surface area contributed by atoms with Gasteiger partial charge in [-0.3, -0.25) is 14.5 Å². The van der Waals surface area contributed by atoms with E-state index in [1.807, 2.05) is 0 Å². The SMILES string of the molecule is CC(=O)NC[C@H]1CN(c2ccc(/C=C(\Br)c3ccc(C(C)=O)cc3)c(F)c2)C(=O)O1. The van der Waals surface area contributed by atoms with E-state index in [-0.39, 0.29) is 24.8 Å². The molecule has 0 saturated carbocycles. The van der Waals surface area contributed by atoms with Gasteiger partial charge in [0.25, 0.3) is 0 Å². The number of ketones is 1. The third-order valence-electron chi connectivity index (χ3n) is 4.60. The number of carbonyl (C=O) groups is 3. The predicted octanol–water partition coefficient (Wildman–Crippen LogP) is 4.38. The zero-order valence-electron chi connectivity index (χ0n) is 16.4. The number of hydrogen-bond acceptors (Lipinski definition) is 4. The summed E-state index contributed by atoms with van der Waals surface area (Å²) in [6.07, 6.45) is 0.556. The zero-order chi connectivity index (χ0) is 21.8. The molecular formula is C22H20BrFN2O4. The van der Waals surface area contributed by atoms with Crippen LogP contribution in [-0.2, 0) is 9.53 Å². The standard InChI is InChI=1S/C22H20BrFN2O4/c1-13(27)15-3-5-16(6-4-15)20(23)9-17-7-8-18(10-21(17)24)26-12-19(30-22(26)29)11-25-14(2)28/h3-10,19H,11-12H2,1-2H3,(H,25,28)/b20-9-/t19-/m0/s1. The van der Waals surface area contributed by atoms with Crippen molar-refractivity contribution in [1.29, 1.82) is 0 Å². The van der Waals surface area contributed by atoms with Gasteiger partial charge in [-0.2, -0.15) is 0 Å². The summed E-state index contributed by atoms with van der Waals surface area (Å²) >= 11 is 3.44. The normalized spacial score (nSPS) is 16.4. The maximum absolute atomic E-state index is 14.7. The molecule has 0 bridgehead atoms. The van der Waals surface area contributed by atoms with Crippen LogP contribution in [0.2, 0.25) is 0 Å². The number of Topliss-reactive ketones (excluding diaryl/α,β-unsaturated/α-hetero) is 1. The molecule has 156 valence electrons. The first-order valence-corrected chi connectivity index (χ1v) is 10.0. The molecule has 0 aliphatic carbocycles. The van der Waals surface area contributed by atoms with E-state index in [9.17, 15) is 18.8 Å². The van der Waals surface area contributed by atoms with Gasteiger partial charge in [-0.15, -0.1) is 0 Å². The van der Waals surface area contributed by atoms with Gasteiger partial charge in [0, 0.05) is 22.5 Å². The second-order valence-electron chi connectivity index (χ2n) is 6.89. The Morgan fingerprint density at radius 1 is 1.20 bits per heavy atom. The lowest BCUT2D eigenvalue weighted by Crippen LogP contribution is -2.33. The highest BCUT2D eigenvalue weighted by atomic mass is 79.9. The van der Waals surface area contributed by atoms with Crippen molar-refractivity contribution in [1.82, 2.24) is 5.32 Å². The first kappa shape index (κ1) is 21.7. The molecule has 0 radical (unpaired) electrons. The number of amides is 2. The molecule has 1 aliphatic heterocycles. The van der Waals surface area contributed by atoms with E-state index in [0.717, 1.165) is 5.56 Å². The summed E-state index contributed by atoms with van der Waals surface area (Å²) in [5.41, 5.74) is 2.11. The van der Waals surface area contributed by atoms with Crippen molar-refractivity contribution in [3.63, 3.8) is 0 Å².